The second-order valence-corrected chi connectivity index (χ2v) is 7.64. The third kappa shape index (κ3) is 8.97. The Morgan fingerprint density at radius 1 is 0.857 bits per heavy atom. The molecule has 1 atom stereocenters. The normalized spacial score (nSPS) is 13.1. The second-order valence-electron chi connectivity index (χ2n) is 7.64. The Labute approximate surface area is 169 Å². The van der Waals surface area contributed by atoms with Gasteiger partial charge in [-0.05, 0) is 43.4 Å². The molecule has 0 heterocycles. The number of unbranched alkanes of at least 4 members (excludes halogenated alkanes) is 7. The molecule has 0 bridgehead atoms. The molecule has 3 nitrogen and oxygen atoms in total. The minimum absolute atomic E-state index is 0.0723. The van der Waals surface area contributed by atoms with E-state index in [0.29, 0.717) is 0 Å². The lowest BCUT2D eigenvalue weighted by molar-refractivity contribution is -0.369. The van der Waals surface area contributed by atoms with Crippen LogP contribution in [0.4, 0.5) is 8.78 Å². The molecule has 0 radical (unpaired) electrons. The molecule has 0 spiro atoms. The van der Waals surface area contributed by atoms with Gasteiger partial charge in [-0.2, -0.15) is 0 Å². The van der Waals surface area contributed by atoms with Gasteiger partial charge in [0, 0.05) is 20.1 Å². The van der Waals surface area contributed by atoms with Crippen LogP contribution >= 0.6 is 0 Å². The molecule has 1 unspecified atom stereocenters. The van der Waals surface area contributed by atoms with Gasteiger partial charge in [-0.15, -0.1) is 0 Å². The highest BCUT2D eigenvalue weighted by Crippen LogP contribution is 2.30. The number of aryl methyl sites for hydroxylation is 1. The lowest BCUT2D eigenvalue weighted by atomic mass is 9.91. The number of halogens is 2. The van der Waals surface area contributed by atoms with Gasteiger partial charge in [0.15, 0.2) is 11.6 Å². The van der Waals surface area contributed by atoms with E-state index in [9.17, 15) is 13.9 Å². The summed E-state index contributed by atoms with van der Waals surface area (Å²) < 4.78 is 36.7. The van der Waals surface area contributed by atoms with Crippen molar-refractivity contribution in [1.29, 1.82) is 0 Å². The molecule has 0 aliphatic rings. The van der Waals surface area contributed by atoms with E-state index in [1.165, 1.54) is 52.0 Å². The average Bonchev–Trinajstić information content (AvgIpc) is 2.70. The van der Waals surface area contributed by atoms with Crippen molar-refractivity contribution in [3.63, 3.8) is 0 Å². The number of rotatable bonds is 16. The highest BCUT2D eigenvalue weighted by atomic mass is 19.2. The molecule has 0 aliphatic heterocycles. The third-order valence-electron chi connectivity index (χ3n) is 5.51. The molecule has 0 saturated carbocycles. The van der Waals surface area contributed by atoms with Crippen LogP contribution in [0.2, 0.25) is 0 Å². The summed E-state index contributed by atoms with van der Waals surface area (Å²) in [5.74, 6) is -3.21. The minimum Gasteiger partial charge on any atom is -0.343 e. The highest BCUT2D eigenvalue weighted by molar-refractivity contribution is 5.17. The van der Waals surface area contributed by atoms with Crippen LogP contribution < -0.4 is 0 Å². The first-order chi connectivity index (χ1) is 13.5. The van der Waals surface area contributed by atoms with Gasteiger partial charge in [-0.1, -0.05) is 64.4 Å². The van der Waals surface area contributed by atoms with Crippen molar-refractivity contribution in [3.05, 3.63) is 35.4 Å². The van der Waals surface area contributed by atoms with Gasteiger partial charge < -0.3 is 14.6 Å². The van der Waals surface area contributed by atoms with Crippen LogP contribution in [0.3, 0.4) is 0 Å². The van der Waals surface area contributed by atoms with Gasteiger partial charge in [0.1, 0.15) is 0 Å². The maximum Gasteiger partial charge on any atom is 0.282 e. The third-order valence-corrected chi connectivity index (χ3v) is 5.51. The Morgan fingerprint density at radius 3 is 2.00 bits per heavy atom. The van der Waals surface area contributed by atoms with Gasteiger partial charge in [0.05, 0.1) is 0 Å². The van der Waals surface area contributed by atoms with E-state index in [1.807, 2.05) is 0 Å². The monoisotopic (exact) mass is 400 g/mol. The summed E-state index contributed by atoms with van der Waals surface area (Å²) in [6.45, 7) is 2.21. The minimum atomic E-state index is -1.54. The number of hydrogen-bond donors (Lipinski definition) is 1. The van der Waals surface area contributed by atoms with E-state index in [4.69, 9.17) is 9.47 Å². The van der Waals surface area contributed by atoms with Gasteiger partial charge in [-0.25, -0.2) is 8.78 Å². The average molecular weight is 401 g/mol. The molecule has 0 aromatic heterocycles. The van der Waals surface area contributed by atoms with Crippen LogP contribution in [-0.4, -0.2) is 25.3 Å². The molecule has 1 aromatic rings. The quantitative estimate of drug-likeness (QED) is 0.259. The summed E-state index contributed by atoms with van der Waals surface area (Å²) in [6.07, 6.45) is 12.4. The Hall–Kier alpha value is -1.04. The Morgan fingerprint density at radius 2 is 1.43 bits per heavy atom. The molecule has 0 aliphatic carbocycles. The number of methoxy groups -OCH3 is 2. The first-order valence-corrected chi connectivity index (χ1v) is 10.7. The van der Waals surface area contributed by atoms with Crippen LogP contribution in [0.5, 0.6) is 0 Å². The van der Waals surface area contributed by atoms with Crippen LogP contribution in [0, 0.1) is 17.6 Å². The van der Waals surface area contributed by atoms with Crippen molar-refractivity contribution in [2.75, 3.05) is 14.2 Å². The van der Waals surface area contributed by atoms with E-state index >= 15 is 0 Å². The van der Waals surface area contributed by atoms with Crippen LogP contribution in [0.15, 0.2) is 18.2 Å². The molecule has 1 rings (SSSR count). The maximum absolute atomic E-state index is 13.3. The summed E-state index contributed by atoms with van der Waals surface area (Å²) in [5, 5.41) is 10.6. The van der Waals surface area contributed by atoms with E-state index in [2.05, 4.69) is 6.92 Å². The fourth-order valence-corrected chi connectivity index (χ4v) is 3.69. The molecular weight excluding hydrogens is 362 g/mol. The number of hydrogen-bond acceptors (Lipinski definition) is 3. The lowest BCUT2D eigenvalue weighted by Gasteiger charge is -2.33. The van der Waals surface area contributed by atoms with Crippen LogP contribution in [0.25, 0.3) is 0 Å². The maximum atomic E-state index is 13.3. The van der Waals surface area contributed by atoms with Crippen molar-refractivity contribution in [2.45, 2.75) is 89.9 Å². The fraction of sp³-hybridized carbons (Fsp3) is 0.739. The first kappa shape index (κ1) is 25.0. The molecule has 1 N–H and O–H groups in total. The largest absolute Gasteiger partial charge is 0.343 e. The zero-order valence-corrected chi connectivity index (χ0v) is 17.8. The SMILES string of the molecule is CCCCCCCCC(CCCCCc1ccc(F)c(F)c1)C(O)(OC)OC. The lowest BCUT2D eigenvalue weighted by Crippen LogP contribution is -2.42. The zero-order chi connectivity index (χ0) is 20.8. The van der Waals surface area contributed by atoms with Gasteiger partial charge >= 0.3 is 0 Å². The number of ether oxygens (including phenoxy) is 2. The molecule has 0 fully saturated rings. The summed E-state index contributed by atoms with van der Waals surface area (Å²) in [6, 6.07) is 4.08. The molecule has 5 heteroatoms. The predicted molar refractivity (Wildman–Crippen MR) is 109 cm³/mol. The molecule has 0 amide bonds. The van der Waals surface area contributed by atoms with Gasteiger partial charge in [-0.3, -0.25) is 0 Å². The topological polar surface area (TPSA) is 38.7 Å². The number of benzene rings is 1. The Bertz CT molecular complexity index is 533. The summed E-state index contributed by atoms with van der Waals surface area (Å²) >= 11 is 0. The summed E-state index contributed by atoms with van der Waals surface area (Å²) in [7, 11) is 2.95. The highest BCUT2D eigenvalue weighted by Gasteiger charge is 2.36. The van der Waals surface area contributed by atoms with Crippen LogP contribution in [0.1, 0.15) is 83.1 Å². The first-order valence-electron chi connectivity index (χ1n) is 10.7. The Kier molecular flexibility index (Phi) is 12.5. The van der Waals surface area contributed by atoms with Crippen molar-refractivity contribution >= 4 is 0 Å². The van der Waals surface area contributed by atoms with E-state index in [-0.39, 0.29) is 5.92 Å². The predicted octanol–water partition coefficient (Wildman–Crippen LogP) is 6.37. The van der Waals surface area contributed by atoms with E-state index in [1.54, 1.807) is 6.07 Å². The summed E-state index contributed by atoms with van der Waals surface area (Å²) in [4.78, 5) is 0. The summed E-state index contributed by atoms with van der Waals surface area (Å²) in [5.41, 5.74) is 0.813. The van der Waals surface area contributed by atoms with Crippen molar-refractivity contribution in [3.8, 4) is 0 Å². The zero-order valence-electron chi connectivity index (χ0n) is 17.8. The van der Waals surface area contributed by atoms with Crippen LogP contribution in [-0.2, 0) is 15.9 Å². The molecular formula is C23H38F2O3. The Balaban J connectivity index is 2.37. The van der Waals surface area contributed by atoms with Gasteiger partial charge in [0.2, 0.25) is 0 Å². The molecule has 28 heavy (non-hydrogen) atoms. The number of aliphatic hydroxyl groups is 1. The molecule has 0 saturated heterocycles. The fourth-order valence-electron chi connectivity index (χ4n) is 3.69. The van der Waals surface area contributed by atoms with Crippen molar-refractivity contribution < 1.29 is 23.4 Å². The smallest absolute Gasteiger partial charge is 0.282 e. The molecule has 1 aromatic carbocycles. The van der Waals surface area contributed by atoms with E-state index in [0.717, 1.165) is 56.9 Å². The standard InChI is InChI=1S/C23H38F2O3/c1-4-5-6-7-8-11-14-20(23(26,27-2)28-3)15-12-9-10-13-19-16-17-21(24)22(25)18-19/h16-18,20,26H,4-15H2,1-3H3. The molecule has 162 valence electrons. The van der Waals surface area contributed by atoms with Crippen molar-refractivity contribution in [1.82, 2.24) is 0 Å². The van der Waals surface area contributed by atoms with E-state index < -0.39 is 17.6 Å². The van der Waals surface area contributed by atoms with Crippen molar-refractivity contribution in [2.24, 2.45) is 5.92 Å². The van der Waals surface area contributed by atoms with Gasteiger partial charge in [0.25, 0.3) is 5.97 Å². The second kappa shape index (κ2) is 14.0.